The molecule has 10 heteroatoms. The molecule has 3 aromatic carbocycles. The lowest BCUT2D eigenvalue weighted by Crippen LogP contribution is -2.30. The van der Waals surface area contributed by atoms with Crippen LogP contribution in [-0.4, -0.2) is 41.9 Å². The van der Waals surface area contributed by atoms with Crippen LogP contribution >= 0.6 is 0 Å². The number of carbonyl (C=O) groups is 3. The number of amides is 2. The summed E-state index contributed by atoms with van der Waals surface area (Å²) in [6.45, 7) is 1.63. The molecule has 2 aliphatic rings. The van der Waals surface area contributed by atoms with E-state index in [1.165, 1.54) is 4.57 Å². The van der Waals surface area contributed by atoms with Crippen molar-refractivity contribution in [2.24, 2.45) is 0 Å². The third-order valence-electron chi connectivity index (χ3n) is 6.91. The summed E-state index contributed by atoms with van der Waals surface area (Å²) in [6.07, 6.45) is 0. The molecule has 0 bridgehead atoms. The summed E-state index contributed by atoms with van der Waals surface area (Å²) in [6, 6.07) is 14.1. The van der Waals surface area contributed by atoms with Gasteiger partial charge < -0.3 is 13.9 Å². The quantitative estimate of drug-likeness (QED) is 0.302. The first-order valence-corrected chi connectivity index (χ1v) is 12.8. The average molecular weight is 487 g/mol. The second kappa shape index (κ2) is 6.48. The van der Waals surface area contributed by atoms with Gasteiger partial charge in [0.2, 0.25) is 15.2 Å². The van der Waals surface area contributed by atoms with Gasteiger partial charge in [0.05, 0.1) is 39.8 Å². The second-order valence-electron chi connectivity index (χ2n) is 8.71. The lowest BCUT2D eigenvalue weighted by Gasteiger charge is -2.18. The Hall–Kier alpha value is -4.18. The van der Waals surface area contributed by atoms with Gasteiger partial charge in [0.25, 0.3) is 11.8 Å². The van der Waals surface area contributed by atoms with E-state index in [-0.39, 0.29) is 17.7 Å². The van der Waals surface area contributed by atoms with Gasteiger partial charge in [-0.05, 0) is 19.1 Å². The van der Waals surface area contributed by atoms with Crippen molar-refractivity contribution in [3.05, 3.63) is 59.7 Å². The Balaban J connectivity index is 1.87. The molecule has 0 radical (unpaired) electrons. The molecule has 2 aliphatic heterocycles. The Morgan fingerprint density at radius 2 is 1.51 bits per heavy atom. The van der Waals surface area contributed by atoms with Crippen LogP contribution in [0.3, 0.4) is 0 Å². The number of esters is 1. The fraction of sp³-hybridized carbons (Fsp3) is 0.160. The summed E-state index contributed by atoms with van der Waals surface area (Å²) in [7, 11) is -4.14. The van der Waals surface area contributed by atoms with Gasteiger partial charge in [-0.25, -0.2) is 13.2 Å². The maximum absolute atomic E-state index is 13.8. The van der Waals surface area contributed by atoms with Crippen molar-refractivity contribution in [1.29, 1.82) is 0 Å². The average Bonchev–Trinajstić information content (AvgIpc) is 3.39. The minimum atomic E-state index is -4.14. The van der Waals surface area contributed by atoms with Crippen LogP contribution in [0.5, 0.6) is 0 Å². The van der Waals surface area contributed by atoms with E-state index in [0.29, 0.717) is 43.6 Å². The standard InChI is InChI=1S/C25H17N3O6S/c1-2-34-25(31)24-28-15-10-6-4-8-13(15)17-19-18(22(29)26-23(19)30)16-12-7-3-5-9-14(12)27(11-35(24,32)33)20(16)21(17)28/h3-10,24H,2,11H2,1H3,(H,26,29,30). The number of hydrogen-bond acceptors (Lipinski definition) is 6. The third kappa shape index (κ3) is 2.32. The van der Waals surface area contributed by atoms with Crippen LogP contribution in [0, 0.1) is 0 Å². The van der Waals surface area contributed by atoms with Crippen LogP contribution in [-0.2, 0) is 25.2 Å². The number of aromatic nitrogens is 2. The SMILES string of the molecule is CCOC(=O)C1n2c3ccccc3c3c4c(c5c6ccccc6n(c5c32)CS1(=O)=O)C(=O)NC4=O. The first kappa shape index (κ1) is 20.2. The highest BCUT2D eigenvalue weighted by atomic mass is 32.2. The van der Waals surface area contributed by atoms with Crippen LogP contribution in [0.4, 0.5) is 0 Å². The van der Waals surface area contributed by atoms with E-state index in [1.54, 1.807) is 60.0 Å². The van der Waals surface area contributed by atoms with Crippen molar-refractivity contribution in [3.8, 4) is 0 Å². The molecule has 4 heterocycles. The van der Waals surface area contributed by atoms with E-state index < -0.39 is 38.9 Å². The van der Waals surface area contributed by atoms with Crippen molar-refractivity contribution >= 4 is 71.2 Å². The number of ether oxygens (including phenoxy) is 1. The molecule has 0 saturated heterocycles. The van der Waals surface area contributed by atoms with Crippen LogP contribution < -0.4 is 5.32 Å². The van der Waals surface area contributed by atoms with Gasteiger partial charge in [0.1, 0.15) is 5.88 Å². The van der Waals surface area contributed by atoms with Crippen molar-refractivity contribution in [2.75, 3.05) is 6.61 Å². The molecule has 174 valence electrons. The number of nitrogens with one attached hydrogen (secondary N) is 1. The zero-order chi connectivity index (χ0) is 24.2. The van der Waals surface area contributed by atoms with Gasteiger partial charge in [-0.1, -0.05) is 36.4 Å². The molecular weight excluding hydrogens is 470 g/mol. The summed E-state index contributed by atoms with van der Waals surface area (Å²) in [5, 5.41) is 2.95. The zero-order valence-corrected chi connectivity index (χ0v) is 19.2. The van der Waals surface area contributed by atoms with Gasteiger partial charge in [-0.15, -0.1) is 0 Å². The van der Waals surface area contributed by atoms with Crippen molar-refractivity contribution in [3.63, 3.8) is 0 Å². The Labute approximate surface area is 197 Å². The summed E-state index contributed by atoms with van der Waals surface area (Å²) in [5.74, 6) is -2.45. The Morgan fingerprint density at radius 3 is 2.17 bits per heavy atom. The van der Waals surface area contributed by atoms with Gasteiger partial charge in [0, 0.05) is 21.5 Å². The maximum atomic E-state index is 13.8. The molecule has 0 fully saturated rings. The number of nitrogens with zero attached hydrogens (tertiary/aromatic N) is 2. The second-order valence-corrected chi connectivity index (χ2v) is 10.7. The number of sulfone groups is 1. The summed E-state index contributed by atoms with van der Waals surface area (Å²) in [5.41, 5.74) is 2.38. The predicted octanol–water partition coefficient (Wildman–Crippen LogP) is 3.23. The van der Waals surface area contributed by atoms with E-state index in [4.69, 9.17) is 4.74 Å². The van der Waals surface area contributed by atoms with Crippen LogP contribution in [0.2, 0.25) is 0 Å². The molecule has 9 nitrogen and oxygen atoms in total. The Kier molecular flexibility index (Phi) is 3.74. The molecule has 2 aromatic heterocycles. The molecule has 1 unspecified atom stereocenters. The van der Waals surface area contributed by atoms with E-state index >= 15 is 0 Å². The monoisotopic (exact) mass is 487 g/mol. The minimum Gasteiger partial charge on any atom is -0.464 e. The largest absolute Gasteiger partial charge is 0.464 e. The highest BCUT2D eigenvalue weighted by Gasteiger charge is 2.44. The van der Waals surface area contributed by atoms with E-state index in [2.05, 4.69) is 5.32 Å². The first-order valence-electron chi connectivity index (χ1n) is 11.1. The number of carbonyl (C=O) groups excluding carboxylic acids is 3. The summed E-state index contributed by atoms with van der Waals surface area (Å²) < 4.78 is 36.0. The lowest BCUT2D eigenvalue weighted by atomic mass is 9.96. The van der Waals surface area contributed by atoms with Gasteiger partial charge >= 0.3 is 5.97 Å². The van der Waals surface area contributed by atoms with E-state index in [1.807, 2.05) is 0 Å². The van der Waals surface area contributed by atoms with Crippen molar-refractivity contribution in [2.45, 2.75) is 18.2 Å². The third-order valence-corrected chi connectivity index (χ3v) is 8.61. The molecular formula is C25H17N3O6S. The van der Waals surface area contributed by atoms with Crippen LogP contribution in [0.1, 0.15) is 33.0 Å². The highest BCUT2D eigenvalue weighted by molar-refractivity contribution is 7.91. The Bertz CT molecular complexity index is 1950. The lowest BCUT2D eigenvalue weighted by molar-refractivity contribution is -0.144. The van der Waals surface area contributed by atoms with Gasteiger partial charge in [-0.3, -0.25) is 14.9 Å². The smallest absolute Gasteiger partial charge is 0.345 e. The van der Waals surface area contributed by atoms with E-state index in [0.717, 1.165) is 0 Å². The fourth-order valence-electron chi connectivity index (χ4n) is 5.74. The fourth-order valence-corrected chi connectivity index (χ4v) is 7.41. The van der Waals surface area contributed by atoms with Gasteiger partial charge in [0.15, 0.2) is 0 Å². The van der Waals surface area contributed by atoms with Crippen LogP contribution in [0.25, 0.3) is 43.6 Å². The highest BCUT2D eigenvalue weighted by Crippen LogP contribution is 2.48. The predicted molar refractivity (Wildman–Crippen MR) is 129 cm³/mol. The van der Waals surface area contributed by atoms with Gasteiger partial charge in [-0.2, -0.15) is 0 Å². The van der Waals surface area contributed by atoms with Crippen molar-refractivity contribution in [1.82, 2.24) is 14.5 Å². The number of rotatable bonds is 2. The molecule has 0 spiro atoms. The molecule has 1 atom stereocenters. The number of imide groups is 1. The molecule has 1 N–H and O–H groups in total. The normalized spacial score (nSPS) is 18.5. The minimum absolute atomic E-state index is 0.0128. The summed E-state index contributed by atoms with van der Waals surface area (Å²) in [4.78, 5) is 39.4. The maximum Gasteiger partial charge on any atom is 0.345 e. The van der Waals surface area contributed by atoms with Crippen molar-refractivity contribution < 1.29 is 27.5 Å². The number of hydrogen-bond donors (Lipinski definition) is 1. The Morgan fingerprint density at radius 1 is 0.943 bits per heavy atom. The molecule has 2 amide bonds. The van der Waals surface area contributed by atoms with Crippen LogP contribution in [0.15, 0.2) is 48.5 Å². The molecule has 5 aromatic rings. The molecule has 7 rings (SSSR count). The van der Waals surface area contributed by atoms with E-state index in [9.17, 15) is 22.8 Å². The summed E-state index contributed by atoms with van der Waals surface area (Å²) >= 11 is 0. The number of fused-ring (bicyclic) bond motifs is 9. The topological polar surface area (TPSA) is 116 Å². The molecule has 0 saturated carbocycles. The number of benzene rings is 3. The molecule has 35 heavy (non-hydrogen) atoms. The first-order chi connectivity index (χ1) is 16.8. The molecule has 0 aliphatic carbocycles. The number of para-hydroxylation sites is 2. The zero-order valence-electron chi connectivity index (χ0n) is 18.4.